The molecule has 0 aromatic carbocycles. The van der Waals surface area contributed by atoms with Crippen LogP contribution in [-0.4, -0.2) is 72.5 Å². The topological polar surface area (TPSA) is 79.8 Å². The number of ether oxygens (including phenoxy) is 2. The van der Waals surface area contributed by atoms with E-state index in [1.165, 1.54) is 0 Å². The van der Waals surface area contributed by atoms with Crippen LogP contribution in [0.3, 0.4) is 0 Å². The SMILES string of the molecule is CN(C)c1ccnc(NC(=O)N2CC(C)(C)O[C@]3(CCOC3)C2)n1. The molecule has 3 heterocycles. The van der Waals surface area contributed by atoms with Gasteiger partial charge in [-0.2, -0.15) is 4.98 Å². The van der Waals surface area contributed by atoms with Crippen LogP contribution >= 0.6 is 0 Å². The lowest BCUT2D eigenvalue weighted by Crippen LogP contribution is -2.62. The van der Waals surface area contributed by atoms with E-state index >= 15 is 0 Å². The lowest BCUT2D eigenvalue weighted by Gasteiger charge is -2.47. The lowest BCUT2D eigenvalue weighted by molar-refractivity contribution is -0.185. The number of hydrogen-bond acceptors (Lipinski definition) is 6. The molecule has 8 heteroatoms. The fourth-order valence-electron chi connectivity index (χ4n) is 3.28. The minimum Gasteiger partial charge on any atom is -0.378 e. The third-order valence-corrected chi connectivity index (χ3v) is 4.22. The fourth-order valence-corrected chi connectivity index (χ4v) is 3.28. The smallest absolute Gasteiger partial charge is 0.324 e. The maximum atomic E-state index is 12.7. The highest BCUT2D eigenvalue weighted by atomic mass is 16.6. The van der Waals surface area contributed by atoms with E-state index in [1.807, 2.05) is 32.8 Å². The van der Waals surface area contributed by atoms with E-state index in [4.69, 9.17) is 9.47 Å². The fraction of sp³-hybridized carbons (Fsp3) is 0.688. The van der Waals surface area contributed by atoms with Gasteiger partial charge in [-0.3, -0.25) is 5.32 Å². The van der Waals surface area contributed by atoms with Gasteiger partial charge in [0.05, 0.1) is 25.3 Å². The van der Waals surface area contributed by atoms with Crippen molar-refractivity contribution >= 4 is 17.8 Å². The average molecular weight is 335 g/mol. The number of carbonyl (C=O) groups is 1. The monoisotopic (exact) mass is 335 g/mol. The number of amides is 2. The van der Waals surface area contributed by atoms with Gasteiger partial charge in [-0.05, 0) is 19.9 Å². The molecular formula is C16H25N5O3. The second kappa shape index (κ2) is 6.18. The molecule has 1 atom stereocenters. The number of aromatic nitrogens is 2. The molecule has 1 aromatic rings. The summed E-state index contributed by atoms with van der Waals surface area (Å²) < 4.78 is 11.7. The Morgan fingerprint density at radius 3 is 2.83 bits per heavy atom. The molecule has 3 rings (SSSR count). The molecule has 2 aliphatic rings. The molecule has 2 amide bonds. The molecule has 1 N–H and O–H groups in total. The number of hydrogen-bond donors (Lipinski definition) is 1. The molecule has 1 aromatic heterocycles. The number of urea groups is 1. The molecule has 0 radical (unpaired) electrons. The van der Waals surface area contributed by atoms with Gasteiger partial charge in [-0.15, -0.1) is 0 Å². The van der Waals surface area contributed by atoms with Crippen LogP contribution in [-0.2, 0) is 9.47 Å². The summed E-state index contributed by atoms with van der Waals surface area (Å²) in [6.45, 7) is 6.20. The van der Waals surface area contributed by atoms with Crippen LogP contribution in [0.2, 0.25) is 0 Å². The van der Waals surface area contributed by atoms with Crippen LogP contribution in [0.25, 0.3) is 0 Å². The van der Waals surface area contributed by atoms with Gasteiger partial charge in [-0.25, -0.2) is 9.78 Å². The van der Waals surface area contributed by atoms with E-state index in [0.29, 0.717) is 32.3 Å². The highest BCUT2D eigenvalue weighted by molar-refractivity contribution is 5.87. The molecule has 0 unspecified atom stereocenters. The van der Waals surface area contributed by atoms with Gasteiger partial charge >= 0.3 is 6.03 Å². The molecule has 8 nitrogen and oxygen atoms in total. The molecule has 1 spiro atoms. The predicted octanol–water partition coefficient (Wildman–Crippen LogP) is 1.34. The zero-order chi connectivity index (χ0) is 17.4. The second-order valence-corrected chi connectivity index (χ2v) is 7.27. The Balaban J connectivity index is 1.73. The second-order valence-electron chi connectivity index (χ2n) is 7.27. The number of anilines is 2. The number of nitrogens with zero attached hydrogens (tertiary/aromatic N) is 4. The van der Waals surface area contributed by atoms with Crippen molar-refractivity contribution in [3.05, 3.63) is 12.3 Å². The highest BCUT2D eigenvalue weighted by Gasteiger charge is 2.48. The predicted molar refractivity (Wildman–Crippen MR) is 90.3 cm³/mol. The minimum atomic E-state index is -0.421. The summed E-state index contributed by atoms with van der Waals surface area (Å²) in [5.41, 5.74) is -0.832. The Morgan fingerprint density at radius 1 is 1.38 bits per heavy atom. The summed E-state index contributed by atoms with van der Waals surface area (Å²) in [7, 11) is 3.78. The molecule has 0 aliphatic carbocycles. The van der Waals surface area contributed by atoms with E-state index in [1.54, 1.807) is 17.2 Å². The summed E-state index contributed by atoms with van der Waals surface area (Å²) in [4.78, 5) is 24.8. The van der Waals surface area contributed by atoms with E-state index in [-0.39, 0.29) is 6.03 Å². The van der Waals surface area contributed by atoms with Crippen LogP contribution in [0.1, 0.15) is 20.3 Å². The first-order chi connectivity index (χ1) is 11.3. The van der Waals surface area contributed by atoms with E-state index in [2.05, 4.69) is 15.3 Å². The highest BCUT2D eigenvalue weighted by Crippen LogP contribution is 2.34. The maximum Gasteiger partial charge on any atom is 0.324 e. The largest absolute Gasteiger partial charge is 0.378 e. The van der Waals surface area contributed by atoms with Crippen molar-refractivity contribution < 1.29 is 14.3 Å². The number of rotatable bonds is 2. The Kier molecular flexibility index (Phi) is 4.35. The molecular weight excluding hydrogens is 310 g/mol. The molecule has 24 heavy (non-hydrogen) atoms. The third kappa shape index (κ3) is 3.59. The zero-order valence-electron chi connectivity index (χ0n) is 14.7. The van der Waals surface area contributed by atoms with Crippen molar-refractivity contribution in [2.45, 2.75) is 31.5 Å². The first-order valence-corrected chi connectivity index (χ1v) is 8.13. The van der Waals surface area contributed by atoms with E-state index in [0.717, 1.165) is 12.2 Å². The van der Waals surface area contributed by atoms with E-state index < -0.39 is 11.2 Å². The summed E-state index contributed by atoms with van der Waals surface area (Å²) >= 11 is 0. The van der Waals surface area contributed by atoms with Gasteiger partial charge < -0.3 is 19.3 Å². The Morgan fingerprint density at radius 2 is 2.17 bits per heavy atom. The van der Waals surface area contributed by atoms with Gasteiger partial charge in [-0.1, -0.05) is 0 Å². The van der Waals surface area contributed by atoms with Gasteiger partial charge in [0.2, 0.25) is 5.95 Å². The summed E-state index contributed by atoms with van der Waals surface area (Å²) in [6, 6.07) is 1.58. The zero-order valence-corrected chi connectivity index (χ0v) is 14.7. The number of morpholine rings is 1. The average Bonchev–Trinajstić information content (AvgIpc) is 2.93. The van der Waals surface area contributed by atoms with Crippen molar-refractivity contribution in [1.82, 2.24) is 14.9 Å². The molecule has 0 saturated carbocycles. The van der Waals surface area contributed by atoms with Gasteiger partial charge in [0.15, 0.2) is 0 Å². The van der Waals surface area contributed by atoms with Crippen molar-refractivity contribution in [3.8, 4) is 0 Å². The summed E-state index contributed by atoms with van der Waals surface area (Å²) in [6.07, 6.45) is 2.43. The molecule has 2 fully saturated rings. The van der Waals surface area contributed by atoms with E-state index in [9.17, 15) is 4.79 Å². The van der Waals surface area contributed by atoms with Gasteiger partial charge in [0.1, 0.15) is 11.4 Å². The molecule has 2 saturated heterocycles. The van der Waals surface area contributed by atoms with Crippen molar-refractivity contribution in [1.29, 1.82) is 0 Å². The Bertz CT molecular complexity index is 613. The number of nitrogens with one attached hydrogen (secondary N) is 1. The molecule has 132 valence electrons. The van der Waals surface area contributed by atoms with Crippen LogP contribution in [0.5, 0.6) is 0 Å². The first kappa shape index (κ1) is 16.9. The number of carbonyl (C=O) groups excluding carboxylic acids is 1. The Hall–Kier alpha value is -1.93. The van der Waals surface area contributed by atoms with Crippen LogP contribution in [0.15, 0.2) is 12.3 Å². The standard InChI is InChI=1S/C16H25N5O3/c1-15(2)9-21(10-16(24-15)6-8-23-11-16)14(22)19-13-17-7-5-12(18-13)20(3)4/h5,7H,6,8-11H2,1-4H3,(H,17,18,19,22)/t16-/m1/s1. The lowest BCUT2D eigenvalue weighted by atomic mass is 9.95. The third-order valence-electron chi connectivity index (χ3n) is 4.22. The van der Waals surface area contributed by atoms with Crippen molar-refractivity contribution in [3.63, 3.8) is 0 Å². The van der Waals surface area contributed by atoms with Crippen LogP contribution < -0.4 is 10.2 Å². The van der Waals surface area contributed by atoms with Crippen LogP contribution in [0.4, 0.5) is 16.6 Å². The normalized spacial score (nSPS) is 25.8. The maximum absolute atomic E-state index is 12.7. The Labute approximate surface area is 142 Å². The summed E-state index contributed by atoms with van der Waals surface area (Å²) in [5.74, 6) is 1.04. The van der Waals surface area contributed by atoms with Gasteiger partial charge in [0.25, 0.3) is 0 Å². The summed E-state index contributed by atoms with van der Waals surface area (Å²) in [5, 5.41) is 2.79. The van der Waals surface area contributed by atoms with Crippen molar-refractivity contribution in [2.24, 2.45) is 0 Å². The van der Waals surface area contributed by atoms with Crippen molar-refractivity contribution in [2.75, 3.05) is 50.6 Å². The van der Waals surface area contributed by atoms with Crippen LogP contribution in [0, 0.1) is 0 Å². The first-order valence-electron chi connectivity index (χ1n) is 8.13. The quantitative estimate of drug-likeness (QED) is 0.879. The van der Waals surface area contributed by atoms with Gasteiger partial charge in [0, 0.05) is 33.3 Å². The molecule has 0 bridgehead atoms. The molecule has 2 aliphatic heterocycles. The minimum absolute atomic E-state index is 0.214.